The first kappa shape index (κ1) is 25.2. The van der Waals surface area contributed by atoms with Gasteiger partial charge in [-0.1, -0.05) is 0 Å². The molecule has 0 spiro atoms. The Kier molecular flexibility index (Phi) is 14.4. The van der Waals surface area contributed by atoms with Crippen molar-refractivity contribution in [1.82, 2.24) is 15.5 Å². The molecule has 1 aliphatic rings. The Morgan fingerprint density at radius 3 is 2.71 bits per heavy atom. The minimum atomic E-state index is 0. The third-order valence-corrected chi connectivity index (χ3v) is 4.66. The summed E-state index contributed by atoms with van der Waals surface area (Å²) in [5, 5.41) is 6.76. The van der Waals surface area contributed by atoms with E-state index in [9.17, 15) is 0 Å². The summed E-state index contributed by atoms with van der Waals surface area (Å²) in [5.41, 5.74) is 0. The third-order valence-electron chi connectivity index (χ3n) is 4.66. The second kappa shape index (κ2) is 16.0. The molecule has 2 rings (SSSR count). The number of halogens is 1. The average molecular weight is 508 g/mol. The van der Waals surface area contributed by atoms with E-state index in [1.807, 2.05) is 6.07 Å². The van der Waals surface area contributed by atoms with Crippen LogP contribution in [0.25, 0.3) is 0 Å². The fourth-order valence-corrected chi connectivity index (χ4v) is 3.22. The monoisotopic (exact) mass is 508 g/mol. The standard InChI is InChI=1S/C20H36N4O3.HI/c1-3-21-20(22-10-4-7-13-26-16-15-25-2)23-17-18(19-9-8-14-27-19)24-11-5-6-12-24;/h8-9,14,18H,3-7,10-13,15-17H2,1-2H3,(H2,21,22,23);1H. The Hall–Kier alpha value is -0.840. The zero-order valence-corrected chi connectivity index (χ0v) is 19.7. The summed E-state index contributed by atoms with van der Waals surface area (Å²) in [5.74, 6) is 1.87. The largest absolute Gasteiger partial charge is 0.468 e. The molecule has 0 saturated carbocycles. The summed E-state index contributed by atoms with van der Waals surface area (Å²) in [6.07, 6.45) is 6.34. The van der Waals surface area contributed by atoms with Crippen LogP contribution in [0.1, 0.15) is 44.4 Å². The Labute approximate surface area is 186 Å². The summed E-state index contributed by atoms with van der Waals surface area (Å²) in [7, 11) is 1.69. The number of hydrogen-bond donors (Lipinski definition) is 2. The van der Waals surface area contributed by atoms with E-state index in [4.69, 9.17) is 18.9 Å². The summed E-state index contributed by atoms with van der Waals surface area (Å²) in [6, 6.07) is 4.23. The Bertz CT molecular complexity index is 508. The second-order valence-electron chi connectivity index (χ2n) is 6.73. The highest BCUT2D eigenvalue weighted by Crippen LogP contribution is 2.25. The molecule has 1 atom stereocenters. The van der Waals surface area contributed by atoms with Gasteiger partial charge in [-0.2, -0.15) is 0 Å². The topological polar surface area (TPSA) is 71.3 Å². The van der Waals surface area contributed by atoms with Crippen LogP contribution in [0.3, 0.4) is 0 Å². The van der Waals surface area contributed by atoms with Gasteiger partial charge in [0.15, 0.2) is 5.96 Å². The van der Waals surface area contributed by atoms with Crippen molar-refractivity contribution in [2.45, 2.75) is 38.6 Å². The molecule has 1 aromatic rings. The highest BCUT2D eigenvalue weighted by Gasteiger charge is 2.25. The molecule has 0 aromatic carbocycles. The van der Waals surface area contributed by atoms with Crippen molar-refractivity contribution in [3.05, 3.63) is 24.2 Å². The molecule has 1 aromatic heterocycles. The lowest BCUT2D eigenvalue weighted by Crippen LogP contribution is -2.39. The first-order valence-corrected chi connectivity index (χ1v) is 10.2. The van der Waals surface area contributed by atoms with Gasteiger partial charge < -0.3 is 24.5 Å². The lowest BCUT2D eigenvalue weighted by atomic mass is 10.2. The van der Waals surface area contributed by atoms with Crippen molar-refractivity contribution >= 4 is 29.9 Å². The van der Waals surface area contributed by atoms with E-state index in [0.717, 1.165) is 57.3 Å². The zero-order chi connectivity index (χ0) is 19.2. The lowest BCUT2D eigenvalue weighted by molar-refractivity contribution is 0.0689. The molecular formula is C20H37IN4O3. The molecule has 7 nitrogen and oxygen atoms in total. The zero-order valence-electron chi connectivity index (χ0n) is 17.3. The van der Waals surface area contributed by atoms with Crippen molar-refractivity contribution in [1.29, 1.82) is 0 Å². The predicted octanol–water partition coefficient (Wildman–Crippen LogP) is 3.03. The van der Waals surface area contributed by atoms with Gasteiger partial charge in [0.05, 0.1) is 32.1 Å². The van der Waals surface area contributed by atoms with E-state index in [-0.39, 0.29) is 30.0 Å². The van der Waals surface area contributed by atoms with Crippen LogP contribution < -0.4 is 10.6 Å². The lowest BCUT2D eigenvalue weighted by Gasteiger charge is -2.24. The third kappa shape index (κ3) is 9.58. The van der Waals surface area contributed by atoms with Crippen molar-refractivity contribution in [2.24, 2.45) is 4.99 Å². The number of nitrogens with zero attached hydrogens (tertiary/aromatic N) is 2. The Morgan fingerprint density at radius 2 is 2.04 bits per heavy atom. The van der Waals surface area contributed by atoms with Gasteiger partial charge in [-0.3, -0.25) is 9.89 Å². The highest BCUT2D eigenvalue weighted by atomic mass is 127. The number of ether oxygens (including phenoxy) is 2. The van der Waals surface area contributed by atoms with Gasteiger partial charge in [0.25, 0.3) is 0 Å². The first-order chi connectivity index (χ1) is 13.3. The predicted molar refractivity (Wildman–Crippen MR) is 124 cm³/mol. The number of guanidine groups is 1. The van der Waals surface area contributed by atoms with E-state index in [0.29, 0.717) is 19.8 Å². The smallest absolute Gasteiger partial charge is 0.191 e. The highest BCUT2D eigenvalue weighted by molar-refractivity contribution is 14.0. The molecule has 2 heterocycles. The number of rotatable bonds is 13. The number of nitrogens with one attached hydrogen (secondary N) is 2. The number of furan rings is 1. The van der Waals surface area contributed by atoms with Crippen LogP contribution in [0.5, 0.6) is 0 Å². The Morgan fingerprint density at radius 1 is 1.21 bits per heavy atom. The second-order valence-corrected chi connectivity index (χ2v) is 6.73. The maximum absolute atomic E-state index is 5.68. The van der Waals surface area contributed by atoms with E-state index in [1.54, 1.807) is 13.4 Å². The van der Waals surface area contributed by atoms with Gasteiger partial charge in [-0.25, -0.2) is 0 Å². The van der Waals surface area contributed by atoms with Crippen LogP contribution in [0.2, 0.25) is 0 Å². The molecule has 1 unspecified atom stereocenters. The van der Waals surface area contributed by atoms with Crippen molar-refractivity contribution in [3.8, 4) is 0 Å². The molecule has 1 aliphatic heterocycles. The van der Waals surface area contributed by atoms with Crippen LogP contribution in [-0.2, 0) is 9.47 Å². The molecule has 28 heavy (non-hydrogen) atoms. The van der Waals surface area contributed by atoms with Crippen molar-refractivity contribution in [2.75, 3.05) is 59.7 Å². The molecule has 0 bridgehead atoms. The molecule has 162 valence electrons. The number of hydrogen-bond acceptors (Lipinski definition) is 5. The SMILES string of the molecule is CCNC(=NCC(c1ccco1)N1CCCC1)NCCCCOCCOC.I. The van der Waals surface area contributed by atoms with Crippen molar-refractivity contribution in [3.63, 3.8) is 0 Å². The van der Waals surface area contributed by atoms with Crippen molar-refractivity contribution < 1.29 is 13.9 Å². The molecular weight excluding hydrogens is 471 g/mol. The first-order valence-electron chi connectivity index (χ1n) is 10.2. The fraction of sp³-hybridized carbons (Fsp3) is 0.750. The van der Waals surface area contributed by atoms with Crippen LogP contribution in [0.4, 0.5) is 0 Å². The molecule has 2 N–H and O–H groups in total. The Balaban J connectivity index is 0.00000392. The molecule has 0 amide bonds. The van der Waals surface area contributed by atoms with E-state index in [2.05, 4.69) is 28.5 Å². The maximum atomic E-state index is 5.68. The number of likely N-dealkylation sites (tertiary alicyclic amines) is 1. The van der Waals surface area contributed by atoms with E-state index >= 15 is 0 Å². The summed E-state index contributed by atoms with van der Waals surface area (Å²) < 4.78 is 16.1. The summed E-state index contributed by atoms with van der Waals surface area (Å²) in [6.45, 7) is 8.85. The van der Waals surface area contributed by atoms with Gasteiger partial charge in [-0.15, -0.1) is 24.0 Å². The van der Waals surface area contributed by atoms with E-state index < -0.39 is 0 Å². The average Bonchev–Trinajstić information content (AvgIpc) is 3.38. The van der Waals surface area contributed by atoms with E-state index in [1.165, 1.54) is 12.8 Å². The minimum absolute atomic E-state index is 0. The minimum Gasteiger partial charge on any atom is -0.468 e. The molecule has 1 saturated heterocycles. The van der Waals surface area contributed by atoms with Gasteiger partial charge in [0, 0.05) is 26.8 Å². The number of aliphatic imine (C=N–C) groups is 1. The summed E-state index contributed by atoms with van der Waals surface area (Å²) >= 11 is 0. The number of methoxy groups -OCH3 is 1. The summed E-state index contributed by atoms with van der Waals surface area (Å²) in [4.78, 5) is 7.29. The van der Waals surface area contributed by atoms with Crippen LogP contribution in [0, 0.1) is 0 Å². The van der Waals surface area contributed by atoms with Gasteiger partial charge >= 0.3 is 0 Å². The molecule has 0 aliphatic carbocycles. The van der Waals surface area contributed by atoms with Gasteiger partial charge in [0.2, 0.25) is 0 Å². The molecule has 1 fully saturated rings. The quantitative estimate of drug-likeness (QED) is 0.185. The fourth-order valence-electron chi connectivity index (χ4n) is 3.22. The normalized spacial score (nSPS) is 16.0. The van der Waals surface area contributed by atoms with Gasteiger partial charge in [0.1, 0.15) is 5.76 Å². The molecule has 0 radical (unpaired) electrons. The maximum Gasteiger partial charge on any atom is 0.191 e. The number of unbranched alkanes of at least 4 members (excludes halogenated alkanes) is 1. The van der Waals surface area contributed by atoms with Crippen LogP contribution >= 0.6 is 24.0 Å². The van der Waals surface area contributed by atoms with Crippen LogP contribution in [0.15, 0.2) is 27.8 Å². The van der Waals surface area contributed by atoms with Gasteiger partial charge in [-0.05, 0) is 57.8 Å². The molecule has 8 heteroatoms. The van der Waals surface area contributed by atoms with Crippen LogP contribution in [-0.4, -0.2) is 70.5 Å².